The highest BCUT2D eigenvalue weighted by molar-refractivity contribution is 8.03. The minimum absolute atomic E-state index is 0.113. The molecule has 2 aromatic heterocycles. The van der Waals surface area contributed by atoms with E-state index in [1.807, 2.05) is 6.92 Å². The highest BCUT2D eigenvalue weighted by Crippen LogP contribution is 2.35. The van der Waals surface area contributed by atoms with Crippen molar-refractivity contribution in [2.24, 2.45) is 0 Å². The summed E-state index contributed by atoms with van der Waals surface area (Å²) in [7, 11) is 0. The summed E-state index contributed by atoms with van der Waals surface area (Å²) in [6, 6.07) is 8.44. The van der Waals surface area contributed by atoms with E-state index in [0.717, 1.165) is 11.8 Å². The van der Waals surface area contributed by atoms with Crippen LogP contribution in [0.3, 0.4) is 0 Å². The molecular formula is C17H11Cl2N2O4S-. The number of halogens is 2. The van der Waals surface area contributed by atoms with Crippen molar-refractivity contribution in [2.75, 3.05) is 0 Å². The Labute approximate surface area is 162 Å². The molecule has 0 aliphatic heterocycles. The van der Waals surface area contributed by atoms with Crippen LogP contribution in [0.25, 0.3) is 17.4 Å². The fraction of sp³-hybridized carbons (Fsp3) is 0.118. The van der Waals surface area contributed by atoms with Gasteiger partial charge in [0.1, 0.15) is 11.5 Å². The van der Waals surface area contributed by atoms with Gasteiger partial charge in [-0.2, -0.15) is 0 Å². The van der Waals surface area contributed by atoms with Gasteiger partial charge in [0.25, 0.3) is 5.22 Å². The Bertz CT molecular complexity index is 981. The summed E-state index contributed by atoms with van der Waals surface area (Å²) in [6.45, 7) is 1.85. The quantitative estimate of drug-likeness (QED) is 0.447. The second-order valence-corrected chi connectivity index (χ2v) is 6.80. The van der Waals surface area contributed by atoms with Gasteiger partial charge in [0.2, 0.25) is 5.89 Å². The molecule has 3 rings (SSSR count). The molecule has 1 aromatic carbocycles. The van der Waals surface area contributed by atoms with Gasteiger partial charge in [0, 0.05) is 16.9 Å². The number of aliphatic carboxylic acids is 1. The number of nitrogens with zero attached hydrogens (tertiary/aromatic N) is 2. The number of carbonyl (C=O) groups excluding carboxylic acids is 1. The molecule has 0 amide bonds. The zero-order valence-electron chi connectivity index (χ0n) is 13.4. The van der Waals surface area contributed by atoms with Gasteiger partial charge < -0.3 is 18.7 Å². The second-order valence-electron chi connectivity index (χ2n) is 5.02. The Morgan fingerprint density at radius 1 is 1.23 bits per heavy atom. The molecular weight excluding hydrogens is 399 g/mol. The monoisotopic (exact) mass is 409 g/mol. The SMILES string of the molecule is CCc1nnc(S/C(=C/c2ccc(-c3cccc(Cl)c3Cl)o2)C(=O)[O-])o1. The first-order valence-electron chi connectivity index (χ1n) is 7.45. The number of rotatable bonds is 6. The zero-order chi connectivity index (χ0) is 18.7. The van der Waals surface area contributed by atoms with Crippen molar-refractivity contribution in [3.8, 4) is 11.3 Å². The van der Waals surface area contributed by atoms with E-state index < -0.39 is 5.97 Å². The first-order chi connectivity index (χ1) is 12.5. The minimum atomic E-state index is -1.38. The van der Waals surface area contributed by atoms with E-state index in [9.17, 15) is 9.90 Å². The van der Waals surface area contributed by atoms with Crippen molar-refractivity contribution < 1.29 is 18.7 Å². The molecule has 6 nitrogen and oxygen atoms in total. The lowest BCUT2D eigenvalue weighted by Gasteiger charge is -2.04. The van der Waals surface area contributed by atoms with Gasteiger partial charge >= 0.3 is 0 Å². The topological polar surface area (TPSA) is 92.2 Å². The van der Waals surface area contributed by atoms with Gasteiger partial charge in [-0.15, -0.1) is 10.2 Å². The molecule has 0 unspecified atom stereocenters. The predicted molar refractivity (Wildman–Crippen MR) is 96.7 cm³/mol. The Kier molecular flexibility index (Phi) is 5.70. The average Bonchev–Trinajstić information content (AvgIpc) is 3.26. The molecule has 0 spiro atoms. The summed E-state index contributed by atoms with van der Waals surface area (Å²) in [5.41, 5.74) is 0.603. The molecule has 0 radical (unpaired) electrons. The lowest BCUT2D eigenvalue weighted by molar-refractivity contribution is -0.298. The van der Waals surface area contributed by atoms with E-state index in [2.05, 4.69) is 10.2 Å². The third-order valence-corrected chi connectivity index (χ3v) is 4.93. The Morgan fingerprint density at radius 2 is 2.04 bits per heavy atom. The first-order valence-corrected chi connectivity index (χ1v) is 9.02. The van der Waals surface area contributed by atoms with Crippen LogP contribution in [0.1, 0.15) is 18.6 Å². The largest absolute Gasteiger partial charge is 0.544 e. The fourth-order valence-electron chi connectivity index (χ4n) is 2.04. The van der Waals surface area contributed by atoms with Gasteiger partial charge in [-0.25, -0.2) is 0 Å². The molecule has 0 atom stereocenters. The molecule has 3 aromatic rings. The van der Waals surface area contributed by atoms with Crippen LogP contribution in [0.4, 0.5) is 0 Å². The lowest BCUT2D eigenvalue weighted by atomic mass is 10.2. The maximum absolute atomic E-state index is 11.4. The maximum atomic E-state index is 11.4. The normalized spacial score (nSPS) is 11.7. The van der Waals surface area contributed by atoms with Crippen LogP contribution in [-0.2, 0) is 11.2 Å². The van der Waals surface area contributed by atoms with Crippen molar-refractivity contribution in [2.45, 2.75) is 18.6 Å². The zero-order valence-corrected chi connectivity index (χ0v) is 15.7. The van der Waals surface area contributed by atoms with Crippen LogP contribution in [0.5, 0.6) is 0 Å². The molecule has 0 fully saturated rings. The van der Waals surface area contributed by atoms with Crippen LogP contribution in [0, 0.1) is 0 Å². The molecule has 0 N–H and O–H groups in total. The number of thioether (sulfide) groups is 1. The van der Waals surface area contributed by atoms with Crippen molar-refractivity contribution >= 4 is 47.0 Å². The van der Waals surface area contributed by atoms with Crippen molar-refractivity contribution in [1.82, 2.24) is 10.2 Å². The Balaban J connectivity index is 1.88. The van der Waals surface area contributed by atoms with Gasteiger partial charge in [-0.1, -0.05) is 36.2 Å². The number of carboxylic acid groups (broad SMARTS) is 1. The Hall–Kier alpha value is -2.22. The molecule has 0 saturated heterocycles. The van der Waals surface area contributed by atoms with Crippen LogP contribution in [0.2, 0.25) is 10.0 Å². The molecule has 9 heteroatoms. The fourth-order valence-corrected chi connectivity index (χ4v) is 3.10. The molecule has 0 saturated carbocycles. The van der Waals surface area contributed by atoms with Crippen molar-refractivity contribution in [1.29, 1.82) is 0 Å². The Morgan fingerprint density at radius 3 is 2.73 bits per heavy atom. The summed E-state index contributed by atoms with van der Waals surface area (Å²) in [5, 5.41) is 19.8. The summed E-state index contributed by atoms with van der Waals surface area (Å²) in [5.74, 6) is -0.207. The smallest absolute Gasteiger partial charge is 0.281 e. The summed E-state index contributed by atoms with van der Waals surface area (Å²) < 4.78 is 11.0. The summed E-state index contributed by atoms with van der Waals surface area (Å²) in [4.78, 5) is 11.3. The lowest BCUT2D eigenvalue weighted by Crippen LogP contribution is -2.22. The molecule has 0 aliphatic rings. The molecule has 134 valence electrons. The van der Waals surface area contributed by atoms with Crippen molar-refractivity contribution in [3.05, 3.63) is 56.9 Å². The van der Waals surface area contributed by atoms with E-state index in [4.69, 9.17) is 32.0 Å². The minimum Gasteiger partial charge on any atom is -0.544 e. The molecule has 0 bridgehead atoms. The van der Waals surface area contributed by atoms with Crippen molar-refractivity contribution in [3.63, 3.8) is 0 Å². The van der Waals surface area contributed by atoms with Gasteiger partial charge in [0.15, 0.2) is 0 Å². The number of aryl methyl sites for hydroxylation is 1. The molecule has 26 heavy (non-hydrogen) atoms. The van der Waals surface area contributed by atoms with Gasteiger partial charge in [-0.05, 0) is 42.1 Å². The number of aromatic nitrogens is 2. The number of carboxylic acids is 1. The number of carbonyl (C=O) groups is 1. The van der Waals surface area contributed by atoms with Gasteiger partial charge in [-0.3, -0.25) is 0 Å². The number of benzene rings is 1. The van der Waals surface area contributed by atoms with E-state index in [-0.39, 0.29) is 10.1 Å². The second kappa shape index (κ2) is 7.99. The van der Waals surface area contributed by atoms with Crippen LogP contribution in [0.15, 0.2) is 49.3 Å². The molecule has 2 heterocycles. The standard InChI is InChI=1S/C17H12Cl2N2O4S/c1-2-14-20-21-17(25-14)26-13(16(22)23)8-9-6-7-12(24-9)10-4-3-5-11(18)15(10)19/h3-8H,2H2,1H3,(H,22,23)/p-1/b13-8+. The highest BCUT2D eigenvalue weighted by Gasteiger charge is 2.13. The molecule has 0 aliphatic carbocycles. The van der Waals surface area contributed by atoms with Crippen LogP contribution >= 0.6 is 35.0 Å². The van der Waals surface area contributed by atoms with Gasteiger partial charge in [0.05, 0.1) is 16.0 Å². The summed E-state index contributed by atoms with van der Waals surface area (Å²) in [6.07, 6.45) is 1.87. The number of hydrogen-bond donors (Lipinski definition) is 0. The third-order valence-electron chi connectivity index (χ3n) is 3.27. The number of hydrogen-bond acceptors (Lipinski definition) is 7. The van der Waals surface area contributed by atoms with E-state index >= 15 is 0 Å². The van der Waals surface area contributed by atoms with Crippen LogP contribution in [-0.4, -0.2) is 16.2 Å². The van der Waals surface area contributed by atoms with E-state index in [0.29, 0.717) is 39.4 Å². The maximum Gasteiger partial charge on any atom is 0.281 e. The predicted octanol–water partition coefficient (Wildman–Crippen LogP) is 4.08. The summed E-state index contributed by atoms with van der Waals surface area (Å²) >= 11 is 13.0. The number of furan rings is 1. The third kappa shape index (κ3) is 4.12. The van der Waals surface area contributed by atoms with E-state index in [1.54, 1.807) is 30.3 Å². The van der Waals surface area contributed by atoms with E-state index in [1.165, 1.54) is 6.08 Å². The van der Waals surface area contributed by atoms with Crippen LogP contribution < -0.4 is 5.11 Å². The highest BCUT2D eigenvalue weighted by atomic mass is 35.5. The first kappa shape index (κ1) is 18.6. The average molecular weight is 410 g/mol.